The molecule has 0 radical (unpaired) electrons. The smallest absolute Gasteiger partial charge is 0.379 e. The Bertz CT molecular complexity index is 916. The molecule has 2 unspecified atom stereocenters. The van der Waals surface area contributed by atoms with Gasteiger partial charge in [-0.25, -0.2) is 0 Å². The first-order chi connectivity index (χ1) is 16.8. The molecule has 1 aromatic rings. The molecule has 1 aliphatic carbocycles. The Morgan fingerprint density at radius 1 is 1.08 bits per heavy atom. The van der Waals surface area contributed by atoms with Gasteiger partial charge in [-0.2, -0.15) is 26.3 Å². The number of ether oxygens (including phenoxy) is 2. The molecule has 0 spiro atoms. The van der Waals surface area contributed by atoms with Gasteiger partial charge >= 0.3 is 12.4 Å². The SMILES string of the molecule is CC(C)[C@]1(C(=O)NCc2cc(C(F)(F)F)cc(C(F)(F)F)c2)CC[C@@H](N2CCOC3COCCC32)C1. The number of carbonyl (C=O) groups excluding carboxylic acids is 1. The molecule has 36 heavy (non-hydrogen) atoms. The number of hydrogen-bond acceptors (Lipinski definition) is 4. The highest BCUT2D eigenvalue weighted by Gasteiger charge is 2.51. The van der Waals surface area contributed by atoms with Crippen LogP contribution < -0.4 is 5.32 Å². The molecule has 0 aromatic heterocycles. The van der Waals surface area contributed by atoms with Crippen LogP contribution in [0.5, 0.6) is 0 Å². The molecule has 4 rings (SSSR count). The van der Waals surface area contributed by atoms with Crippen LogP contribution >= 0.6 is 0 Å². The summed E-state index contributed by atoms with van der Waals surface area (Å²) in [5.74, 6) is -0.385. The Kier molecular flexibility index (Phi) is 7.65. The number of alkyl halides is 6. The molecule has 1 amide bonds. The first-order valence-corrected chi connectivity index (χ1v) is 12.3. The monoisotopic (exact) mass is 522 g/mol. The van der Waals surface area contributed by atoms with Gasteiger partial charge in [0.05, 0.1) is 35.9 Å². The van der Waals surface area contributed by atoms with Gasteiger partial charge < -0.3 is 14.8 Å². The van der Waals surface area contributed by atoms with Gasteiger partial charge in [-0.05, 0) is 55.4 Å². The van der Waals surface area contributed by atoms with Crippen LogP contribution in [0.4, 0.5) is 26.3 Å². The second-order valence-electron chi connectivity index (χ2n) is 10.4. The van der Waals surface area contributed by atoms with E-state index in [0.717, 1.165) is 19.4 Å². The van der Waals surface area contributed by atoms with Gasteiger partial charge in [-0.15, -0.1) is 0 Å². The largest absolute Gasteiger partial charge is 0.416 e. The molecule has 202 valence electrons. The fraction of sp³-hybridized carbons (Fsp3) is 0.720. The molecule has 0 bridgehead atoms. The molecule has 1 saturated carbocycles. The third-order valence-electron chi connectivity index (χ3n) is 8.03. The van der Waals surface area contributed by atoms with E-state index in [9.17, 15) is 31.1 Å². The van der Waals surface area contributed by atoms with E-state index in [1.54, 1.807) is 0 Å². The number of halogens is 6. The van der Waals surface area contributed by atoms with Gasteiger partial charge in [0.15, 0.2) is 0 Å². The van der Waals surface area contributed by atoms with E-state index in [0.29, 0.717) is 44.8 Å². The number of hydrogen-bond donors (Lipinski definition) is 1. The fourth-order valence-electron chi connectivity index (χ4n) is 5.97. The third-order valence-corrected chi connectivity index (χ3v) is 8.03. The lowest BCUT2D eigenvalue weighted by molar-refractivity contribution is -0.147. The Hall–Kier alpha value is -1.85. The summed E-state index contributed by atoms with van der Waals surface area (Å²) in [5.41, 5.74) is -3.77. The van der Waals surface area contributed by atoms with E-state index >= 15 is 0 Å². The molecule has 3 fully saturated rings. The summed E-state index contributed by atoms with van der Waals surface area (Å²) < 4.78 is 90.7. The maximum absolute atomic E-state index is 13.4. The number of benzene rings is 1. The molecule has 11 heteroatoms. The minimum atomic E-state index is -4.93. The number of nitrogens with one attached hydrogen (secondary N) is 1. The van der Waals surface area contributed by atoms with Gasteiger partial charge in [-0.3, -0.25) is 9.69 Å². The second-order valence-corrected chi connectivity index (χ2v) is 10.4. The number of fused-ring (bicyclic) bond motifs is 1. The lowest BCUT2D eigenvalue weighted by Gasteiger charge is -2.46. The summed E-state index contributed by atoms with van der Waals surface area (Å²) in [6.07, 6.45) is -7.05. The van der Waals surface area contributed by atoms with Crippen molar-refractivity contribution in [2.45, 2.75) is 76.6 Å². The first-order valence-electron chi connectivity index (χ1n) is 12.3. The van der Waals surface area contributed by atoms with E-state index in [1.165, 1.54) is 0 Å². The van der Waals surface area contributed by atoms with E-state index in [2.05, 4.69) is 10.2 Å². The molecule has 5 nitrogen and oxygen atoms in total. The van der Waals surface area contributed by atoms with Crippen molar-refractivity contribution in [1.29, 1.82) is 0 Å². The second kappa shape index (κ2) is 10.1. The van der Waals surface area contributed by atoms with Crippen LogP contribution in [0.25, 0.3) is 0 Å². The fourth-order valence-corrected chi connectivity index (χ4v) is 5.97. The maximum Gasteiger partial charge on any atom is 0.416 e. The van der Waals surface area contributed by atoms with Crippen LogP contribution in [0.1, 0.15) is 56.2 Å². The van der Waals surface area contributed by atoms with E-state index in [1.807, 2.05) is 13.8 Å². The highest BCUT2D eigenvalue weighted by Crippen LogP contribution is 2.47. The van der Waals surface area contributed by atoms with Crippen LogP contribution in [-0.2, 0) is 33.2 Å². The minimum absolute atomic E-state index is 0.000820. The standard InChI is InChI=1S/C25H32F6N2O3/c1-15(2)23(5-3-19(12-23)33-6-8-36-21-14-35-7-4-20(21)33)22(34)32-13-16-9-17(24(26,27)28)11-18(10-16)25(29,30)31/h9-11,15,19-21H,3-8,12-14H2,1-2H3,(H,32,34)/t19-,20?,21?,23+/m1/s1. The number of amides is 1. The Morgan fingerprint density at radius 3 is 2.36 bits per heavy atom. The molecule has 2 heterocycles. The maximum atomic E-state index is 13.4. The quantitative estimate of drug-likeness (QED) is 0.552. The zero-order valence-corrected chi connectivity index (χ0v) is 20.3. The Morgan fingerprint density at radius 2 is 1.75 bits per heavy atom. The number of nitrogens with zero attached hydrogens (tertiary/aromatic N) is 1. The van der Waals surface area contributed by atoms with E-state index in [-0.39, 0.29) is 41.6 Å². The average molecular weight is 523 g/mol. The number of morpholine rings is 1. The van der Waals surface area contributed by atoms with Gasteiger partial charge in [0.25, 0.3) is 0 Å². The molecular weight excluding hydrogens is 490 g/mol. The molecular formula is C25H32F6N2O3. The third kappa shape index (κ3) is 5.52. The average Bonchev–Trinajstić information content (AvgIpc) is 3.28. The van der Waals surface area contributed by atoms with Crippen molar-refractivity contribution in [1.82, 2.24) is 10.2 Å². The van der Waals surface area contributed by atoms with Crippen molar-refractivity contribution in [3.05, 3.63) is 34.9 Å². The zero-order chi connectivity index (χ0) is 26.3. The summed E-state index contributed by atoms with van der Waals surface area (Å²) in [7, 11) is 0. The Labute approximate surface area is 206 Å². The minimum Gasteiger partial charge on any atom is -0.379 e. The van der Waals surface area contributed by atoms with Crippen LogP contribution in [-0.4, -0.2) is 55.4 Å². The summed E-state index contributed by atoms with van der Waals surface area (Å²) in [4.78, 5) is 15.9. The van der Waals surface area contributed by atoms with Crippen LogP contribution in [0, 0.1) is 11.3 Å². The van der Waals surface area contributed by atoms with E-state index < -0.39 is 35.4 Å². The van der Waals surface area contributed by atoms with Crippen LogP contribution in [0.2, 0.25) is 0 Å². The first kappa shape index (κ1) is 27.2. The van der Waals surface area contributed by atoms with Crippen molar-refractivity contribution in [3.63, 3.8) is 0 Å². The number of carbonyl (C=O) groups is 1. The summed E-state index contributed by atoms with van der Waals surface area (Å²) in [5, 5.41) is 2.66. The zero-order valence-electron chi connectivity index (χ0n) is 20.3. The highest BCUT2D eigenvalue weighted by molar-refractivity contribution is 5.83. The van der Waals surface area contributed by atoms with Crippen molar-refractivity contribution in [3.8, 4) is 0 Å². The van der Waals surface area contributed by atoms with Crippen molar-refractivity contribution in [2.24, 2.45) is 11.3 Å². The predicted octanol–water partition coefficient (Wildman–Crippen LogP) is 5.03. The highest BCUT2D eigenvalue weighted by atomic mass is 19.4. The molecule has 1 aromatic carbocycles. The topological polar surface area (TPSA) is 50.8 Å². The Balaban J connectivity index is 1.49. The molecule has 3 aliphatic rings. The van der Waals surface area contributed by atoms with Crippen molar-refractivity contribution < 1.29 is 40.6 Å². The molecule has 4 atom stereocenters. The van der Waals surface area contributed by atoms with Crippen molar-refractivity contribution in [2.75, 3.05) is 26.4 Å². The van der Waals surface area contributed by atoms with Gasteiger partial charge in [0, 0.05) is 31.8 Å². The van der Waals surface area contributed by atoms with Gasteiger partial charge in [-0.1, -0.05) is 13.8 Å². The number of rotatable bonds is 5. The predicted molar refractivity (Wildman–Crippen MR) is 119 cm³/mol. The molecule has 2 aliphatic heterocycles. The van der Waals surface area contributed by atoms with Gasteiger partial charge in [0.1, 0.15) is 0 Å². The van der Waals surface area contributed by atoms with E-state index in [4.69, 9.17) is 9.47 Å². The van der Waals surface area contributed by atoms with Crippen molar-refractivity contribution >= 4 is 5.91 Å². The molecule has 1 N–H and O–H groups in total. The van der Waals surface area contributed by atoms with Crippen LogP contribution in [0.3, 0.4) is 0 Å². The summed E-state index contributed by atoms with van der Waals surface area (Å²) >= 11 is 0. The summed E-state index contributed by atoms with van der Waals surface area (Å²) in [6, 6.07) is 1.78. The molecule has 2 saturated heterocycles. The normalized spacial score (nSPS) is 29.9. The van der Waals surface area contributed by atoms with Crippen LogP contribution in [0.15, 0.2) is 18.2 Å². The lowest BCUT2D eigenvalue weighted by atomic mass is 9.74. The lowest BCUT2D eigenvalue weighted by Crippen LogP contribution is -2.58. The van der Waals surface area contributed by atoms with Gasteiger partial charge in [0.2, 0.25) is 5.91 Å². The summed E-state index contributed by atoms with van der Waals surface area (Å²) in [6.45, 7) is 5.99.